The lowest BCUT2D eigenvalue weighted by atomic mass is 10.1. The predicted molar refractivity (Wildman–Crippen MR) is 60.0 cm³/mol. The highest BCUT2D eigenvalue weighted by Gasteiger charge is 2.07. The van der Waals surface area contributed by atoms with Crippen LogP contribution in [0.3, 0.4) is 0 Å². The Morgan fingerprint density at radius 2 is 1.79 bits per heavy atom. The first kappa shape index (κ1) is 9.62. The van der Waals surface area contributed by atoms with Crippen LogP contribution in [0.2, 0.25) is 5.02 Å². The molecule has 2 aromatic carbocycles. The summed E-state index contributed by atoms with van der Waals surface area (Å²) in [5.41, 5.74) is 0. The average Bonchev–Trinajstić information content (AvgIpc) is 2.15. The van der Waals surface area contributed by atoms with Gasteiger partial charge in [0.15, 0.2) is 0 Å². The smallest absolute Gasteiger partial charge is 0.134 e. The molecule has 2 N–H and O–H groups in total. The zero-order chi connectivity index (χ0) is 10.3. The van der Waals surface area contributed by atoms with Crippen LogP contribution < -0.4 is 0 Å². The quantitative estimate of drug-likeness (QED) is 0.769. The summed E-state index contributed by atoms with van der Waals surface area (Å²) in [7, 11) is 0. The van der Waals surface area contributed by atoms with Gasteiger partial charge in [-0.15, -0.1) is 0 Å². The standard InChI is InChI=1S/C10H6BrClO2/c11-7-3-5-1-2-8(13)10(12)6(5)4-9(7)14/h1-4,13-14H. The molecule has 2 nitrogen and oxygen atoms in total. The summed E-state index contributed by atoms with van der Waals surface area (Å²) in [6.07, 6.45) is 0. The molecule has 0 aliphatic carbocycles. The molecular weight excluding hydrogens is 267 g/mol. The number of aromatic hydroxyl groups is 2. The molecular formula is C10H6BrClO2. The van der Waals surface area contributed by atoms with E-state index in [-0.39, 0.29) is 16.5 Å². The molecule has 2 rings (SSSR count). The van der Waals surface area contributed by atoms with Gasteiger partial charge in [0, 0.05) is 5.39 Å². The van der Waals surface area contributed by atoms with Crippen molar-refractivity contribution in [3.05, 3.63) is 33.8 Å². The summed E-state index contributed by atoms with van der Waals surface area (Å²) in [5, 5.41) is 20.5. The predicted octanol–water partition coefficient (Wildman–Crippen LogP) is 3.67. The van der Waals surface area contributed by atoms with Gasteiger partial charge in [0.05, 0.1) is 9.50 Å². The van der Waals surface area contributed by atoms with Gasteiger partial charge in [0.1, 0.15) is 11.5 Å². The van der Waals surface area contributed by atoms with Gasteiger partial charge in [-0.3, -0.25) is 0 Å². The van der Waals surface area contributed by atoms with E-state index in [1.54, 1.807) is 12.1 Å². The van der Waals surface area contributed by atoms with E-state index in [4.69, 9.17) is 11.6 Å². The number of halogens is 2. The van der Waals surface area contributed by atoms with Crippen molar-refractivity contribution in [2.24, 2.45) is 0 Å². The van der Waals surface area contributed by atoms with Crippen LogP contribution in [0.1, 0.15) is 0 Å². The number of rotatable bonds is 0. The maximum Gasteiger partial charge on any atom is 0.134 e. The Morgan fingerprint density at radius 1 is 1.07 bits per heavy atom. The van der Waals surface area contributed by atoms with E-state index < -0.39 is 0 Å². The molecule has 2 aromatic rings. The van der Waals surface area contributed by atoms with Gasteiger partial charge in [-0.25, -0.2) is 0 Å². The van der Waals surface area contributed by atoms with Crippen LogP contribution in [-0.2, 0) is 0 Å². The van der Waals surface area contributed by atoms with Crippen molar-refractivity contribution in [1.29, 1.82) is 0 Å². The average molecular weight is 274 g/mol. The number of hydrogen-bond donors (Lipinski definition) is 2. The normalized spacial score (nSPS) is 10.7. The maximum atomic E-state index is 9.45. The molecule has 72 valence electrons. The lowest BCUT2D eigenvalue weighted by Gasteiger charge is -2.04. The van der Waals surface area contributed by atoms with Crippen LogP contribution in [0.4, 0.5) is 0 Å². The molecule has 14 heavy (non-hydrogen) atoms. The molecule has 0 atom stereocenters. The first-order valence-electron chi connectivity index (χ1n) is 3.89. The summed E-state index contributed by atoms with van der Waals surface area (Å²) < 4.78 is 0.603. The van der Waals surface area contributed by atoms with Crippen molar-refractivity contribution in [2.45, 2.75) is 0 Å². The minimum absolute atomic E-state index is 0.0147. The fraction of sp³-hybridized carbons (Fsp3) is 0. The first-order chi connectivity index (χ1) is 6.59. The van der Waals surface area contributed by atoms with Gasteiger partial charge in [0.25, 0.3) is 0 Å². The highest BCUT2D eigenvalue weighted by molar-refractivity contribution is 9.10. The first-order valence-corrected chi connectivity index (χ1v) is 5.06. The van der Waals surface area contributed by atoms with Crippen molar-refractivity contribution >= 4 is 38.3 Å². The summed E-state index contributed by atoms with van der Waals surface area (Å²) >= 11 is 9.08. The van der Waals surface area contributed by atoms with Gasteiger partial charge in [-0.1, -0.05) is 17.7 Å². The molecule has 0 aromatic heterocycles. The van der Waals surface area contributed by atoms with Crippen molar-refractivity contribution in [1.82, 2.24) is 0 Å². The van der Waals surface area contributed by atoms with Crippen molar-refractivity contribution in [3.63, 3.8) is 0 Å². The summed E-state index contributed by atoms with van der Waals surface area (Å²) in [6.45, 7) is 0. The fourth-order valence-electron chi connectivity index (χ4n) is 1.29. The van der Waals surface area contributed by atoms with Crippen LogP contribution in [0, 0.1) is 0 Å². The molecule has 0 saturated carbocycles. The third-order valence-corrected chi connectivity index (χ3v) is 3.03. The molecule has 4 heteroatoms. The zero-order valence-corrected chi connectivity index (χ0v) is 9.30. The van der Waals surface area contributed by atoms with E-state index in [1.165, 1.54) is 12.1 Å². The number of benzene rings is 2. The van der Waals surface area contributed by atoms with Crippen LogP contribution >= 0.6 is 27.5 Å². The number of phenolic OH excluding ortho intramolecular Hbond substituents is 2. The summed E-state index contributed by atoms with van der Waals surface area (Å²) in [4.78, 5) is 0. The van der Waals surface area contributed by atoms with Crippen molar-refractivity contribution in [3.8, 4) is 11.5 Å². The Morgan fingerprint density at radius 3 is 2.50 bits per heavy atom. The van der Waals surface area contributed by atoms with E-state index in [2.05, 4.69) is 15.9 Å². The maximum absolute atomic E-state index is 9.45. The Hall–Kier alpha value is -0.930. The van der Waals surface area contributed by atoms with Crippen LogP contribution in [0.5, 0.6) is 11.5 Å². The molecule has 0 unspecified atom stereocenters. The molecule has 0 heterocycles. The van der Waals surface area contributed by atoms with Gasteiger partial charge < -0.3 is 10.2 Å². The lowest BCUT2D eigenvalue weighted by molar-refractivity contribution is 0.472. The third kappa shape index (κ3) is 1.42. The second-order valence-electron chi connectivity index (χ2n) is 2.92. The van der Waals surface area contributed by atoms with Gasteiger partial charge in [0.2, 0.25) is 0 Å². The highest BCUT2D eigenvalue weighted by Crippen LogP contribution is 2.36. The molecule has 0 fully saturated rings. The SMILES string of the molecule is Oc1cc2c(Cl)c(O)ccc2cc1Br. The van der Waals surface area contributed by atoms with Gasteiger partial charge in [-0.05, 0) is 39.5 Å². The Balaban J connectivity index is 2.89. The topological polar surface area (TPSA) is 40.5 Å². The van der Waals surface area contributed by atoms with Gasteiger partial charge >= 0.3 is 0 Å². The second kappa shape index (κ2) is 3.33. The highest BCUT2D eigenvalue weighted by atomic mass is 79.9. The largest absolute Gasteiger partial charge is 0.507 e. The summed E-state index contributed by atoms with van der Waals surface area (Å²) in [5.74, 6) is 0.117. The fourth-order valence-corrected chi connectivity index (χ4v) is 1.87. The minimum Gasteiger partial charge on any atom is -0.507 e. The molecule has 0 amide bonds. The zero-order valence-electron chi connectivity index (χ0n) is 6.96. The van der Waals surface area contributed by atoms with Crippen LogP contribution in [0.25, 0.3) is 10.8 Å². The van der Waals surface area contributed by atoms with Crippen LogP contribution in [0.15, 0.2) is 28.7 Å². The Kier molecular flexibility index (Phi) is 2.29. The minimum atomic E-state index is 0.0147. The lowest BCUT2D eigenvalue weighted by Crippen LogP contribution is -1.77. The van der Waals surface area contributed by atoms with E-state index in [1.807, 2.05) is 0 Å². The molecule has 0 bridgehead atoms. The number of phenols is 2. The second-order valence-corrected chi connectivity index (χ2v) is 4.16. The van der Waals surface area contributed by atoms with E-state index in [9.17, 15) is 10.2 Å². The third-order valence-electron chi connectivity index (χ3n) is 2.00. The number of hydrogen-bond acceptors (Lipinski definition) is 2. The summed E-state index contributed by atoms with van der Waals surface area (Å²) in [6, 6.07) is 6.52. The van der Waals surface area contributed by atoms with E-state index >= 15 is 0 Å². The van der Waals surface area contributed by atoms with Crippen molar-refractivity contribution in [2.75, 3.05) is 0 Å². The molecule has 0 aliphatic heterocycles. The monoisotopic (exact) mass is 272 g/mol. The van der Waals surface area contributed by atoms with E-state index in [0.29, 0.717) is 9.86 Å². The van der Waals surface area contributed by atoms with Crippen molar-refractivity contribution < 1.29 is 10.2 Å². The molecule has 0 saturated heterocycles. The van der Waals surface area contributed by atoms with E-state index in [0.717, 1.165) is 5.39 Å². The number of fused-ring (bicyclic) bond motifs is 1. The molecule has 0 radical (unpaired) electrons. The van der Waals surface area contributed by atoms with Gasteiger partial charge in [-0.2, -0.15) is 0 Å². The Bertz CT molecular complexity index is 511. The molecule has 0 spiro atoms. The van der Waals surface area contributed by atoms with Crippen LogP contribution in [-0.4, -0.2) is 10.2 Å². The molecule has 0 aliphatic rings. The Labute approximate surface area is 93.9 Å².